The average molecular weight is 308 g/mol. The second-order valence-electron chi connectivity index (χ2n) is 4.65. The molecule has 0 saturated carbocycles. The summed E-state index contributed by atoms with van der Waals surface area (Å²) in [5.74, 6) is -2.82. The Morgan fingerprint density at radius 2 is 2.05 bits per heavy atom. The minimum Gasteiger partial charge on any atom is -0.347 e. The fourth-order valence-corrected chi connectivity index (χ4v) is 1.75. The van der Waals surface area contributed by atoms with Crippen LogP contribution >= 0.6 is 12.4 Å². The molecule has 20 heavy (non-hydrogen) atoms. The number of anilines is 2. The summed E-state index contributed by atoms with van der Waals surface area (Å²) in [6, 6.07) is -0.886. The fraction of sp³-hybridized carbons (Fsp3) is 0.545. The monoisotopic (exact) mass is 307 g/mol. The van der Waals surface area contributed by atoms with Gasteiger partial charge in [0, 0.05) is 20.5 Å². The third-order valence-corrected chi connectivity index (χ3v) is 2.73. The Bertz CT molecular complexity index is 468. The molecule has 0 bridgehead atoms. The van der Waals surface area contributed by atoms with E-state index in [2.05, 4.69) is 20.6 Å². The third-order valence-electron chi connectivity index (χ3n) is 2.73. The molecule has 1 fully saturated rings. The van der Waals surface area contributed by atoms with Crippen LogP contribution in [0.25, 0.3) is 0 Å². The topological polar surface area (TPSA) is 70.2 Å². The van der Waals surface area contributed by atoms with Crippen molar-refractivity contribution in [3.63, 3.8) is 0 Å². The van der Waals surface area contributed by atoms with Gasteiger partial charge in [0.15, 0.2) is 0 Å². The molecule has 1 amide bonds. The van der Waals surface area contributed by atoms with Crippen molar-refractivity contribution in [2.45, 2.75) is 18.4 Å². The van der Waals surface area contributed by atoms with Crippen LogP contribution in [0.1, 0.15) is 6.42 Å². The number of carbonyl (C=O) groups excluding carboxylic acids is 1. The van der Waals surface area contributed by atoms with E-state index >= 15 is 0 Å². The van der Waals surface area contributed by atoms with Crippen molar-refractivity contribution in [2.75, 3.05) is 30.9 Å². The molecule has 1 saturated heterocycles. The molecule has 6 nitrogen and oxygen atoms in total. The summed E-state index contributed by atoms with van der Waals surface area (Å²) in [5, 5.41) is 4.99. The molecule has 112 valence electrons. The van der Waals surface area contributed by atoms with Crippen LogP contribution in [-0.2, 0) is 4.79 Å². The summed E-state index contributed by atoms with van der Waals surface area (Å²) in [4.78, 5) is 21.5. The highest BCUT2D eigenvalue weighted by Gasteiger charge is 2.42. The Kier molecular flexibility index (Phi) is 5.18. The van der Waals surface area contributed by atoms with Crippen LogP contribution in [0, 0.1) is 0 Å². The van der Waals surface area contributed by atoms with E-state index in [9.17, 15) is 13.6 Å². The van der Waals surface area contributed by atoms with Crippen LogP contribution in [0.4, 0.5) is 20.4 Å². The molecule has 0 aromatic carbocycles. The number of alkyl halides is 2. The van der Waals surface area contributed by atoms with E-state index in [-0.39, 0.29) is 12.4 Å². The maximum absolute atomic E-state index is 13.0. The highest BCUT2D eigenvalue weighted by molar-refractivity contribution is 5.94. The Morgan fingerprint density at radius 1 is 1.45 bits per heavy atom. The van der Waals surface area contributed by atoms with Gasteiger partial charge in [-0.15, -0.1) is 12.4 Å². The second kappa shape index (κ2) is 6.27. The van der Waals surface area contributed by atoms with Crippen molar-refractivity contribution in [3.05, 3.63) is 12.4 Å². The van der Waals surface area contributed by atoms with Crippen LogP contribution in [0.5, 0.6) is 0 Å². The molecule has 0 aliphatic carbocycles. The summed E-state index contributed by atoms with van der Waals surface area (Å²) in [6.45, 7) is -0.471. The number of rotatable bonds is 3. The van der Waals surface area contributed by atoms with Crippen LogP contribution in [-0.4, -0.2) is 48.5 Å². The molecule has 1 aliphatic heterocycles. The maximum Gasteiger partial charge on any atom is 0.262 e. The Hall–Kier alpha value is -1.54. The lowest BCUT2D eigenvalue weighted by Gasteiger charge is -2.12. The molecule has 1 aliphatic rings. The second-order valence-corrected chi connectivity index (χ2v) is 4.65. The molecule has 1 unspecified atom stereocenters. The molecular formula is C11H16ClF2N5O. The van der Waals surface area contributed by atoms with Gasteiger partial charge in [-0.3, -0.25) is 10.1 Å². The van der Waals surface area contributed by atoms with Crippen LogP contribution in [0.3, 0.4) is 0 Å². The summed E-state index contributed by atoms with van der Waals surface area (Å²) in [5.41, 5.74) is 0.382. The van der Waals surface area contributed by atoms with E-state index in [1.54, 1.807) is 19.0 Å². The molecule has 1 aromatic heterocycles. The number of carbonyl (C=O) groups is 1. The van der Waals surface area contributed by atoms with E-state index in [4.69, 9.17) is 0 Å². The van der Waals surface area contributed by atoms with Gasteiger partial charge in [0.25, 0.3) is 5.92 Å². The molecule has 2 N–H and O–H groups in total. The summed E-state index contributed by atoms with van der Waals surface area (Å²) >= 11 is 0. The van der Waals surface area contributed by atoms with Crippen molar-refractivity contribution < 1.29 is 13.6 Å². The first kappa shape index (κ1) is 16.5. The minimum absolute atomic E-state index is 0. The molecule has 1 aromatic rings. The maximum atomic E-state index is 13.0. The van der Waals surface area contributed by atoms with E-state index < -0.39 is 30.8 Å². The van der Waals surface area contributed by atoms with Crippen LogP contribution < -0.4 is 15.5 Å². The van der Waals surface area contributed by atoms with Gasteiger partial charge in [-0.25, -0.2) is 18.7 Å². The zero-order chi connectivity index (χ0) is 14.0. The Morgan fingerprint density at radius 3 is 2.50 bits per heavy atom. The van der Waals surface area contributed by atoms with Crippen molar-refractivity contribution in [3.8, 4) is 0 Å². The van der Waals surface area contributed by atoms with Gasteiger partial charge in [0.2, 0.25) is 11.9 Å². The molecule has 0 spiro atoms. The summed E-state index contributed by atoms with van der Waals surface area (Å²) in [6.07, 6.45) is 2.39. The number of hydrogen-bond acceptors (Lipinski definition) is 5. The summed E-state index contributed by atoms with van der Waals surface area (Å²) in [7, 11) is 3.58. The Labute approximate surface area is 121 Å². The smallest absolute Gasteiger partial charge is 0.262 e. The molecular weight excluding hydrogens is 292 g/mol. The van der Waals surface area contributed by atoms with Gasteiger partial charge < -0.3 is 10.2 Å². The normalized spacial score (nSPS) is 20.1. The number of nitrogens with zero attached hydrogens (tertiary/aromatic N) is 3. The van der Waals surface area contributed by atoms with E-state index in [0.717, 1.165) is 0 Å². The number of halogens is 3. The number of hydrogen-bond donors (Lipinski definition) is 2. The summed E-state index contributed by atoms with van der Waals surface area (Å²) < 4.78 is 25.9. The third kappa shape index (κ3) is 3.97. The molecule has 1 atom stereocenters. The molecule has 2 rings (SSSR count). The lowest BCUT2D eigenvalue weighted by Crippen LogP contribution is -2.35. The van der Waals surface area contributed by atoms with Gasteiger partial charge in [-0.2, -0.15) is 0 Å². The van der Waals surface area contributed by atoms with E-state index in [1.165, 1.54) is 12.4 Å². The predicted molar refractivity (Wildman–Crippen MR) is 73.6 cm³/mol. The largest absolute Gasteiger partial charge is 0.347 e. The molecule has 9 heteroatoms. The standard InChI is InChI=1S/C11H15F2N5O.ClH/c1-18(2)10-14-4-7(5-15-10)17-9(19)8-3-11(12,13)6-16-8;/h4-5,8,16H,3,6H2,1-2H3,(H,17,19);1H. The van der Waals surface area contributed by atoms with Crippen molar-refractivity contribution in [1.29, 1.82) is 0 Å². The molecule has 0 radical (unpaired) electrons. The minimum atomic E-state index is -2.83. The number of aromatic nitrogens is 2. The highest BCUT2D eigenvalue weighted by atomic mass is 35.5. The number of amides is 1. The zero-order valence-corrected chi connectivity index (χ0v) is 11.9. The van der Waals surface area contributed by atoms with Gasteiger partial charge in [-0.1, -0.05) is 0 Å². The predicted octanol–water partition coefficient (Wildman–Crippen LogP) is 0.900. The van der Waals surface area contributed by atoms with Gasteiger partial charge in [0.1, 0.15) is 0 Å². The zero-order valence-electron chi connectivity index (χ0n) is 11.1. The lowest BCUT2D eigenvalue weighted by atomic mass is 10.2. The first-order chi connectivity index (χ1) is 8.87. The SMILES string of the molecule is CN(C)c1ncc(NC(=O)C2CC(F)(F)CN2)cn1.Cl. The van der Waals surface area contributed by atoms with E-state index in [0.29, 0.717) is 11.6 Å². The number of nitrogens with one attached hydrogen (secondary N) is 2. The Balaban J connectivity index is 0.00000200. The quantitative estimate of drug-likeness (QED) is 0.868. The van der Waals surface area contributed by atoms with Crippen LogP contribution in [0.15, 0.2) is 12.4 Å². The molecule has 2 heterocycles. The average Bonchev–Trinajstić information content (AvgIpc) is 2.70. The lowest BCUT2D eigenvalue weighted by molar-refractivity contribution is -0.118. The first-order valence-corrected chi connectivity index (χ1v) is 5.79. The van der Waals surface area contributed by atoms with E-state index in [1.807, 2.05) is 0 Å². The highest BCUT2D eigenvalue weighted by Crippen LogP contribution is 2.25. The van der Waals surface area contributed by atoms with Gasteiger partial charge in [-0.05, 0) is 0 Å². The van der Waals surface area contributed by atoms with Gasteiger partial charge >= 0.3 is 0 Å². The van der Waals surface area contributed by atoms with Gasteiger partial charge in [0.05, 0.1) is 30.7 Å². The van der Waals surface area contributed by atoms with Crippen molar-refractivity contribution >= 4 is 29.9 Å². The van der Waals surface area contributed by atoms with Crippen molar-refractivity contribution in [2.24, 2.45) is 0 Å². The first-order valence-electron chi connectivity index (χ1n) is 5.79. The van der Waals surface area contributed by atoms with Crippen molar-refractivity contribution in [1.82, 2.24) is 15.3 Å². The van der Waals surface area contributed by atoms with Crippen LogP contribution in [0.2, 0.25) is 0 Å². The fourth-order valence-electron chi connectivity index (χ4n) is 1.75.